The average Bonchev–Trinajstić information content (AvgIpc) is 2.53. The number of amides is 1. The molecule has 0 fully saturated rings. The number of carbonyl (C=O) groups excluding carboxylic acids is 1. The van der Waals surface area contributed by atoms with Crippen LogP contribution in [0.4, 0.5) is 0 Å². The quantitative estimate of drug-likeness (QED) is 0.762. The predicted octanol–water partition coefficient (Wildman–Crippen LogP) is 0.338. The van der Waals surface area contributed by atoms with Crippen LogP contribution in [0.25, 0.3) is 11.1 Å². The van der Waals surface area contributed by atoms with Gasteiger partial charge in [0.1, 0.15) is 0 Å². The molecule has 0 radical (unpaired) electrons. The largest absolute Gasteiger partial charge is 0.419 e. The molecular formula is C11H13N3O3. The number of nitrogens with one attached hydrogen (secondary N) is 1. The van der Waals surface area contributed by atoms with Crippen LogP contribution >= 0.6 is 0 Å². The van der Waals surface area contributed by atoms with Crippen LogP contribution in [0.3, 0.4) is 0 Å². The molecule has 2 aromatic rings. The summed E-state index contributed by atoms with van der Waals surface area (Å²) in [5.41, 5.74) is 4.13. The Morgan fingerprint density at radius 1 is 1.41 bits per heavy atom. The Labute approximate surface area is 97.4 Å². The lowest BCUT2D eigenvalue weighted by Gasteiger charge is -2.11. The molecule has 0 aliphatic carbocycles. The number of aryl methyl sites for hydroxylation is 1. The van der Waals surface area contributed by atoms with Gasteiger partial charge in [-0.1, -0.05) is 0 Å². The van der Waals surface area contributed by atoms with Crippen molar-refractivity contribution in [3.63, 3.8) is 0 Å². The lowest BCUT2D eigenvalue weighted by molar-refractivity contribution is 0.0857. The fourth-order valence-corrected chi connectivity index (χ4v) is 1.54. The highest BCUT2D eigenvalue weighted by Gasteiger charge is 2.11. The number of oxazole rings is 1. The Balaban J connectivity index is 2.45. The van der Waals surface area contributed by atoms with Gasteiger partial charge in [-0.2, -0.15) is 0 Å². The van der Waals surface area contributed by atoms with Crippen molar-refractivity contribution in [2.75, 3.05) is 14.1 Å². The van der Waals surface area contributed by atoms with Crippen molar-refractivity contribution in [3.05, 3.63) is 34.3 Å². The van der Waals surface area contributed by atoms with Gasteiger partial charge >= 0.3 is 5.76 Å². The van der Waals surface area contributed by atoms with E-state index in [0.29, 0.717) is 16.7 Å². The van der Waals surface area contributed by atoms with Crippen LogP contribution in [0.5, 0.6) is 0 Å². The Morgan fingerprint density at radius 3 is 2.76 bits per heavy atom. The van der Waals surface area contributed by atoms with E-state index >= 15 is 0 Å². The second-order valence-electron chi connectivity index (χ2n) is 3.94. The first-order valence-corrected chi connectivity index (χ1v) is 5.07. The predicted molar refractivity (Wildman–Crippen MR) is 62.6 cm³/mol. The van der Waals surface area contributed by atoms with Gasteiger partial charge in [0, 0.05) is 26.7 Å². The fraction of sp³-hybridized carbons (Fsp3) is 0.273. The summed E-state index contributed by atoms with van der Waals surface area (Å²) in [6, 6.07) is 4.89. The molecule has 2 rings (SSSR count). The smallest absolute Gasteiger partial charge is 0.408 e. The van der Waals surface area contributed by atoms with E-state index in [9.17, 15) is 9.59 Å². The molecule has 1 heterocycles. The lowest BCUT2D eigenvalue weighted by Crippen LogP contribution is -2.36. The Kier molecular flexibility index (Phi) is 2.72. The number of rotatable bonds is 2. The number of hydrogen-bond acceptors (Lipinski definition) is 4. The van der Waals surface area contributed by atoms with E-state index in [4.69, 9.17) is 4.42 Å². The van der Waals surface area contributed by atoms with Crippen molar-refractivity contribution < 1.29 is 9.21 Å². The van der Waals surface area contributed by atoms with E-state index < -0.39 is 5.76 Å². The highest BCUT2D eigenvalue weighted by molar-refractivity contribution is 5.96. The summed E-state index contributed by atoms with van der Waals surface area (Å²) in [5.74, 6) is -0.687. The molecule has 90 valence electrons. The molecule has 0 unspecified atom stereocenters. The van der Waals surface area contributed by atoms with E-state index in [-0.39, 0.29) is 5.91 Å². The monoisotopic (exact) mass is 235 g/mol. The first-order chi connectivity index (χ1) is 7.99. The molecule has 0 spiro atoms. The summed E-state index contributed by atoms with van der Waals surface area (Å²) in [5, 5.41) is 1.55. The number of aromatic nitrogens is 1. The zero-order valence-corrected chi connectivity index (χ0v) is 9.85. The molecule has 1 amide bonds. The number of hydrogen-bond donors (Lipinski definition) is 1. The highest BCUT2D eigenvalue weighted by atomic mass is 16.4. The third-order valence-electron chi connectivity index (χ3n) is 2.38. The third-order valence-corrected chi connectivity index (χ3v) is 2.38. The van der Waals surface area contributed by atoms with Crippen LogP contribution < -0.4 is 11.2 Å². The number of carbonyl (C=O) groups is 1. The Hall–Kier alpha value is -2.08. The average molecular weight is 235 g/mol. The van der Waals surface area contributed by atoms with Crippen molar-refractivity contribution in [2.45, 2.75) is 0 Å². The molecule has 17 heavy (non-hydrogen) atoms. The summed E-state index contributed by atoms with van der Waals surface area (Å²) >= 11 is 0. The van der Waals surface area contributed by atoms with Crippen LogP contribution in [0.2, 0.25) is 0 Å². The summed E-state index contributed by atoms with van der Waals surface area (Å²) in [6.07, 6.45) is 0. The first kappa shape index (κ1) is 11.4. The second kappa shape index (κ2) is 4.06. The molecule has 1 aromatic carbocycles. The van der Waals surface area contributed by atoms with Gasteiger partial charge in [0.05, 0.1) is 5.52 Å². The highest BCUT2D eigenvalue weighted by Crippen LogP contribution is 2.14. The minimum Gasteiger partial charge on any atom is -0.408 e. The normalized spacial score (nSPS) is 11.1. The minimum atomic E-state index is -0.440. The van der Waals surface area contributed by atoms with Crippen LogP contribution in [0.15, 0.2) is 27.4 Å². The Morgan fingerprint density at radius 2 is 2.12 bits per heavy atom. The molecule has 0 atom stereocenters. The fourth-order valence-electron chi connectivity index (χ4n) is 1.54. The van der Waals surface area contributed by atoms with Gasteiger partial charge in [-0.15, -0.1) is 0 Å². The van der Waals surface area contributed by atoms with Gasteiger partial charge in [-0.25, -0.2) is 9.80 Å². The molecule has 1 aromatic heterocycles. The van der Waals surface area contributed by atoms with E-state index in [1.807, 2.05) is 0 Å². The lowest BCUT2D eigenvalue weighted by atomic mass is 10.2. The molecular weight excluding hydrogens is 222 g/mol. The summed E-state index contributed by atoms with van der Waals surface area (Å²) in [6.45, 7) is 0. The number of hydrazine groups is 1. The number of benzene rings is 1. The van der Waals surface area contributed by atoms with E-state index in [1.54, 1.807) is 44.4 Å². The Bertz CT molecular complexity index is 624. The summed E-state index contributed by atoms with van der Waals surface area (Å²) in [7, 11) is 5.06. The molecule has 6 heteroatoms. The van der Waals surface area contributed by atoms with Crippen molar-refractivity contribution in [3.8, 4) is 0 Å². The van der Waals surface area contributed by atoms with Gasteiger partial charge in [0.2, 0.25) is 0 Å². The molecule has 1 N–H and O–H groups in total. The van der Waals surface area contributed by atoms with Crippen LogP contribution in [0.1, 0.15) is 10.4 Å². The van der Waals surface area contributed by atoms with Crippen molar-refractivity contribution in [1.29, 1.82) is 0 Å². The topological polar surface area (TPSA) is 67.5 Å². The maximum absolute atomic E-state index is 11.7. The van der Waals surface area contributed by atoms with E-state index in [0.717, 1.165) is 0 Å². The van der Waals surface area contributed by atoms with Gasteiger partial charge in [-0.05, 0) is 18.2 Å². The molecule has 0 aliphatic rings. The maximum atomic E-state index is 11.7. The second-order valence-corrected chi connectivity index (χ2v) is 3.94. The van der Waals surface area contributed by atoms with E-state index in [1.165, 1.54) is 4.57 Å². The zero-order valence-electron chi connectivity index (χ0n) is 9.85. The van der Waals surface area contributed by atoms with Crippen molar-refractivity contribution in [1.82, 2.24) is 15.0 Å². The SMILES string of the molecule is CN(C)NC(=O)c1ccc2c(c1)oc(=O)n2C. The summed E-state index contributed by atoms with van der Waals surface area (Å²) < 4.78 is 6.40. The number of fused-ring (bicyclic) bond motifs is 1. The first-order valence-electron chi connectivity index (χ1n) is 5.07. The van der Waals surface area contributed by atoms with Crippen LogP contribution in [-0.4, -0.2) is 29.6 Å². The zero-order chi connectivity index (χ0) is 12.6. The van der Waals surface area contributed by atoms with Crippen molar-refractivity contribution in [2.24, 2.45) is 7.05 Å². The number of nitrogens with zero attached hydrogens (tertiary/aromatic N) is 2. The maximum Gasteiger partial charge on any atom is 0.419 e. The molecule has 6 nitrogen and oxygen atoms in total. The molecule has 0 aliphatic heterocycles. The van der Waals surface area contributed by atoms with Crippen molar-refractivity contribution >= 4 is 17.0 Å². The van der Waals surface area contributed by atoms with Gasteiger partial charge < -0.3 is 4.42 Å². The van der Waals surface area contributed by atoms with Crippen LogP contribution in [0, 0.1) is 0 Å². The summed E-state index contributed by atoms with van der Waals surface area (Å²) in [4.78, 5) is 23.0. The molecule has 0 saturated heterocycles. The van der Waals surface area contributed by atoms with Gasteiger partial charge in [0.25, 0.3) is 5.91 Å². The standard InChI is InChI=1S/C11H13N3O3/c1-13(2)12-10(15)7-4-5-8-9(6-7)17-11(16)14(8)3/h4-6H,1-3H3,(H,12,15). The van der Waals surface area contributed by atoms with Crippen LogP contribution in [-0.2, 0) is 7.05 Å². The van der Waals surface area contributed by atoms with E-state index in [2.05, 4.69) is 5.43 Å². The third kappa shape index (κ3) is 2.07. The minimum absolute atomic E-state index is 0.247. The van der Waals surface area contributed by atoms with Gasteiger partial charge in [-0.3, -0.25) is 14.8 Å². The van der Waals surface area contributed by atoms with Gasteiger partial charge in [0.15, 0.2) is 5.58 Å². The molecule has 0 bridgehead atoms. The molecule has 0 saturated carbocycles.